The van der Waals surface area contributed by atoms with Crippen molar-refractivity contribution >= 4 is 5.84 Å². The van der Waals surface area contributed by atoms with Gasteiger partial charge in [0.1, 0.15) is 5.75 Å². The largest absolute Gasteiger partial charge is 0.497 e. The van der Waals surface area contributed by atoms with Gasteiger partial charge in [-0.05, 0) is 31.0 Å². The topological polar surface area (TPSA) is 79.9 Å². The van der Waals surface area contributed by atoms with Gasteiger partial charge in [0, 0.05) is 6.04 Å². The van der Waals surface area contributed by atoms with Crippen molar-refractivity contribution in [3.63, 3.8) is 0 Å². The number of oxime groups is 1. The summed E-state index contributed by atoms with van der Waals surface area (Å²) in [5.41, 5.74) is 6.72. The van der Waals surface area contributed by atoms with E-state index in [0.717, 1.165) is 17.7 Å². The number of methoxy groups -OCH3 is 1. The van der Waals surface area contributed by atoms with Gasteiger partial charge in [-0.2, -0.15) is 0 Å². The lowest BCUT2D eigenvalue weighted by atomic mass is 10.1. The fraction of sp³-hybridized carbons (Fsp3) is 0.462. The first kappa shape index (κ1) is 14.3. The van der Waals surface area contributed by atoms with Crippen LogP contribution in [-0.2, 0) is 0 Å². The number of benzene rings is 1. The summed E-state index contributed by atoms with van der Waals surface area (Å²) < 4.78 is 5.19. The molecule has 0 aliphatic carbocycles. The van der Waals surface area contributed by atoms with Gasteiger partial charge in [0.15, 0.2) is 5.84 Å². The summed E-state index contributed by atoms with van der Waals surface area (Å²) in [7, 11) is 1.64. The molecule has 5 nitrogen and oxygen atoms in total. The Morgan fingerprint density at radius 2 is 2.28 bits per heavy atom. The van der Waals surface area contributed by atoms with Crippen LogP contribution < -0.4 is 15.8 Å². The van der Waals surface area contributed by atoms with Crippen LogP contribution in [0.3, 0.4) is 0 Å². The van der Waals surface area contributed by atoms with Crippen LogP contribution in [0.5, 0.6) is 5.75 Å². The molecular formula is C13H21N3O2. The van der Waals surface area contributed by atoms with Crippen LogP contribution in [-0.4, -0.2) is 24.2 Å². The molecule has 0 spiro atoms. The number of nitrogens with two attached hydrogens (primary N) is 1. The lowest BCUT2D eigenvalue weighted by Crippen LogP contribution is -2.42. The second kappa shape index (κ2) is 6.86. The maximum absolute atomic E-state index is 8.70. The summed E-state index contributed by atoms with van der Waals surface area (Å²) in [5.74, 6) is 1.02. The van der Waals surface area contributed by atoms with Gasteiger partial charge in [0.25, 0.3) is 0 Å². The minimum atomic E-state index is -0.142. The molecule has 0 saturated heterocycles. The van der Waals surface area contributed by atoms with E-state index in [2.05, 4.69) is 10.5 Å². The normalized spacial score (nSPS) is 15.2. The fourth-order valence-corrected chi connectivity index (χ4v) is 1.79. The molecule has 0 aliphatic rings. The van der Waals surface area contributed by atoms with Crippen molar-refractivity contribution < 1.29 is 9.94 Å². The van der Waals surface area contributed by atoms with E-state index < -0.39 is 0 Å². The van der Waals surface area contributed by atoms with Crippen LogP contribution in [0.4, 0.5) is 0 Å². The number of nitrogens with zero attached hydrogens (tertiary/aromatic N) is 1. The first-order chi connectivity index (χ1) is 8.62. The zero-order valence-corrected chi connectivity index (χ0v) is 11.1. The van der Waals surface area contributed by atoms with Crippen LogP contribution in [0, 0.1) is 0 Å². The van der Waals surface area contributed by atoms with Gasteiger partial charge in [0.2, 0.25) is 0 Å². The summed E-state index contributed by atoms with van der Waals surface area (Å²) in [6.07, 6.45) is 0.754. The van der Waals surface area contributed by atoms with Gasteiger partial charge in [-0.3, -0.25) is 0 Å². The van der Waals surface area contributed by atoms with Crippen molar-refractivity contribution in [3.05, 3.63) is 29.8 Å². The molecule has 2 atom stereocenters. The third-order valence-electron chi connectivity index (χ3n) is 2.93. The molecule has 0 heterocycles. The van der Waals surface area contributed by atoms with Gasteiger partial charge in [0.05, 0.1) is 13.2 Å². The van der Waals surface area contributed by atoms with Gasteiger partial charge in [-0.15, -0.1) is 0 Å². The summed E-state index contributed by atoms with van der Waals surface area (Å²) >= 11 is 0. The molecule has 4 N–H and O–H groups in total. The quantitative estimate of drug-likeness (QED) is 0.312. The second-order valence-corrected chi connectivity index (χ2v) is 4.15. The van der Waals surface area contributed by atoms with E-state index in [-0.39, 0.29) is 17.9 Å². The van der Waals surface area contributed by atoms with Crippen molar-refractivity contribution in [2.45, 2.75) is 32.4 Å². The Morgan fingerprint density at radius 1 is 1.56 bits per heavy atom. The van der Waals surface area contributed by atoms with Crippen LogP contribution in [0.15, 0.2) is 29.4 Å². The molecule has 5 heteroatoms. The molecule has 0 radical (unpaired) electrons. The third-order valence-corrected chi connectivity index (χ3v) is 2.93. The Balaban J connectivity index is 2.77. The number of nitrogens with one attached hydrogen (secondary N) is 1. The SMILES string of the molecule is CCC(N[C@@H](C)c1cccc(OC)c1)/C(N)=N/O. The Bertz CT molecular complexity index is 407. The van der Waals surface area contributed by atoms with Crippen molar-refractivity contribution in [1.29, 1.82) is 0 Å². The Morgan fingerprint density at radius 3 is 2.83 bits per heavy atom. The first-order valence-corrected chi connectivity index (χ1v) is 5.99. The van der Waals surface area contributed by atoms with Crippen molar-refractivity contribution in [2.24, 2.45) is 10.9 Å². The van der Waals surface area contributed by atoms with E-state index in [1.807, 2.05) is 38.1 Å². The first-order valence-electron chi connectivity index (χ1n) is 5.99. The van der Waals surface area contributed by atoms with Crippen LogP contribution >= 0.6 is 0 Å². The molecule has 0 aliphatic heterocycles. The van der Waals surface area contributed by atoms with Crippen molar-refractivity contribution in [1.82, 2.24) is 5.32 Å². The molecule has 0 amide bonds. The minimum absolute atomic E-state index is 0.0883. The molecule has 0 saturated carbocycles. The molecule has 1 aromatic carbocycles. The Labute approximate surface area is 108 Å². The molecule has 1 unspecified atom stereocenters. The zero-order chi connectivity index (χ0) is 13.5. The number of hydrogen-bond acceptors (Lipinski definition) is 4. The number of hydrogen-bond donors (Lipinski definition) is 3. The molecule has 1 aromatic rings. The highest BCUT2D eigenvalue weighted by Crippen LogP contribution is 2.19. The predicted octanol–water partition coefficient (Wildman–Crippen LogP) is 1.87. The zero-order valence-electron chi connectivity index (χ0n) is 11.1. The predicted molar refractivity (Wildman–Crippen MR) is 72.0 cm³/mol. The summed E-state index contributed by atoms with van der Waals surface area (Å²) in [6, 6.07) is 7.77. The monoisotopic (exact) mass is 251 g/mol. The van der Waals surface area contributed by atoms with E-state index in [0.29, 0.717) is 0 Å². The van der Waals surface area contributed by atoms with E-state index >= 15 is 0 Å². The average Bonchev–Trinajstić information content (AvgIpc) is 2.43. The Hall–Kier alpha value is -1.75. The third kappa shape index (κ3) is 3.63. The minimum Gasteiger partial charge on any atom is -0.497 e. The highest BCUT2D eigenvalue weighted by Gasteiger charge is 2.15. The maximum Gasteiger partial charge on any atom is 0.156 e. The summed E-state index contributed by atoms with van der Waals surface area (Å²) in [5, 5.41) is 15.1. The number of rotatable bonds is 6. The van der Waals surface area contributed by atoms with Crippen LogP contribution in [0.25, 0.3) is 0 Å². The molecule has 0 aromatic heterocycles. The smallest absolute Gasteiger partial charge is 0.156 e. The maximum atomic E-state index is 8.70. The molecule has 0 bridgehead atoms. The van der Waals surface area contributed by atoms with Gasteiger partial charge in [-0.1, -0.05) is 24.2 Å². The van der Waals surface area contributed by atoms with Crippen LogP contribution in [0.1, 0.15) is 31.9 Å². The molecule has 0 fully saturated rings. The highest BCUT2D eigenvalue weighted by molar-refractivity contribution is 5.85. The number of ether oxygens (including phenoxy) is 1. The van der Waals surface area contributed by atoms with Gasteiger partial charge < -0.3 is 21.0 Å². The highest BCUT2D eigenvalue weighted by atomic mass is 16.5. The fourth-order valence-electron chi connectivity index (χ4n) is 1.79. The van der Waals surface area contributed by atoms with Gasteiger partial charge >= 0.3 is 0 Å². The van der Waals surface area contributed by atoms with Crippen molar-refractivity contribution in [3.8, 4) is 5.75 Å². The number of amidine groups is 1. The van der Waals surface area contributed by atoms with Crippen LogP contribution in [0.2, 0.25) is 0 Å². The molecule has 18 heavy (non-hydrogen) atoms. The van der Waals surface area contributed by atoms with Gasteiger partial charge in [-0.25, -0.2) is 0 Å². The van der Waals surface area contributed by atoms with E-state index in [1.165, 1.54) is 0 Å². The van der Waals surface area contributed by atoms with Crippen molar-refractivity contribution in [2.75, 3.05) is 7.11 Å². The summed E-state index contributed by atoms with van der Waals surface area (Å²) in [6.45, 7) is 4.01. The molecule has 1 rings (SSSR count). The molecular weight excluding hydrogens is 230 g/mol. The lowest BCUT2D eigenvalue weighted by molar-refractivity contribution is 0.313. The Kier molecular flexibility index (Phi) is 5.45. The van der Waals surface area contributed by atoms with E-state index in [9.17, 15) is 0 Å². The second-order valence-electron chi connectivity index (χ2n) is 4.15. The average molecular weight is 251 g/mol. The summed E-state index contributed by atoms with van der Waals surface area (Å²) in [4.78, 5) is 0. The molecule has 100 valence electrons. The van der Waals surface area contributed by atoms with E-state index in [1.54, 1.807) is 7.11 Å². The lowest BCUT2D eigenvalue weighted by Gasteiger charge is -2.21. The standard InChI is InChI=1S/C13H21N3O2/c1-4-12(13(14)16-17)15-9(2)10-6-5-7-11(8-10)18-3/h5-9,12,15,17H,4H2,1-3H3,(H2,14,16)/t9-,12?/m0/s1. The van der Waals surface area contributed by atoms with E-state index in [4.69, 9.17) is 15.7 Å².